The first-order valence-corrected chi connectivity index (χ1v) is 10.8. The molecule has 28 heavy (non-hydrogen) atoms. The van der Waals surface area contributed by atoms with Crippen LogP contribution >= 0.6 is 0 Å². The molecule has 0 N–H and O–H groups in total. The van der Waals surface area contributed by atoms with Gasteiger partial charge in [0.05, 0.1) is 22.8 Å². The normalized spacial score (nSPS) is 16.4. The molecule has 3 aromatic rings. The second-order valence-corrected chi connectivity index (χ2v) is 9.03. The van der Waals surface area contributed by atoms with E-state index in [-0.39, 0.29) is 16.6 Å². The lowest BCUT2D eigenvalue weighted by Crippen LogP contribution is -2.18. The molecule has 0 spiro atoms. The van der Waals surface area contributed by atoms with E-state index in [1.807, 2.05) is 25.1 Å². The van der Waals surface area contributed by atoms with Crippen LogP contribution in [0.4, 0.5) is 5.69 Å². The summed E-state index contributed by atoms with van der Waals surface area (Å²) in [6.45, 7) is 1.92. The monoisotopic (exact) mass is 393 g/mol. The number of hydrogen-bond donors (Lipinski definition) is 0. The Kier molecular flexibility index (Phi) is 4.51. The second kappa shape index (κ2) is 6.87. The average molecular weight is 393 g/mol. The molecule has 0 radical (unpaired) electrons. The molecule has 0 fully saturated rings. The highest BCUT2D eigenvalue weighted by Crippen LogP contribution is 2.39. The highest BCUT2D eigenvalue weighted by Gasteiger charge is 2.30. The van der Waals surface area contributed by atoms with E-state index in [1.165, 1.54) is 12.5 Å². The van der Waals surface area contributed by atoms with Crippen LogP contribution in [0.5, 0.6) is 0 Å². The van der Waals surface area contributed by atoms with Gasteiger partial charge in [0, 0.05) is 12.0 Å². The standard InChI is InChI=1S/C22H19NO4S/c1-14-12-19(22(24)21-4-3-11-27-21)18-13-16(7-10-20(18)23-14)15-5-8-17(9-6-15)28(2,25)26/h3-11,13,19H,12H2,1-2H3/t19-/m0/s1. The minimum absolute atomic E-state index is 0.0647. The predicted octanol–water partition coefficient (Wildman–Crippen LogP) is 4.81. The molecule has 0 aliphatic carbocycles. The van der Waals surface area contributed by atoms with Gasteiger partial charge in [0.15, 0.2) is 15.6 Å². The molecule has 5 nitrogen and oxygen atoms in total. The third kappa shape index (κ3) is 3.43. The molecule has 0 saturated carbocycles. The van der Waals surface area contributed by atoms with E-state index in [2.05, 4.69) is 4.99 Å². The summed E-state index contributed by atoms with van der Waals surface area (Å²) in [6, 6.07) is 15.9. The lowest BCUT2D eigenvalue weighted by Gasteiger charge is -2.23. The highest BCUT2D eigenvalue weighted by atomic mass is 32.2. The minimum Gasteiger partial charge on any atom is -0.461 e. The van der Waals surface area contributed by atoms with E-state index in [9.17, 15) is 13.2 Å². The number of benzene rings is 2. The number of aliphatic imine (C=N–C) groups is 1. The first-order valence-electron chi connectivity index (χ1n) is 8.89. The van der Waals surface area contributed by atoms with Gasteiger partial charge in [0.1, 0.15) is 0 Å². The van der Waals surface area contributed by atoms with Crippen molar-refractivity contribution in [2.24, 2.45) is 4.99 Å². The fraction of sp³-hybridized carbons (Fsp3) is 0.182. The summed E-state index contributed by atoms with van der Waals surface area (Å²) in [4.78, 5) is 17.8. The Bertz CT molecular complexity index is 1170. The van der Waals surface area contributed by atoms with Crippen LogP contribution in [-0.4, -0.2) is 26.2 Å². The van der Waals surface area contributed by atoms with Gasteiger partial charge in [-0.1, -0.05) is 18.2 Å². The van der Waals surface area contributed by atoms with Gasteiger partial charge < -0.3 is 4.42 Å². The van der Waals surface area contributed by atoms with E-state index < -0.39 is 9.84 Å². The Morgan fingerprint density at radius 3 is 2.43 bits per heavy atom. The molecule has 2 heterocycles. The lowest BCUT2D eigenvalue weighted by molar-refractivity contribution is 0.0933. The molecular weight excluding hydrogens is 374 g/mol. The number of sulfone groups is 1. The zero-order valence-electron chi connectivity index (χ0n) is 15.5. The summed E-state index contributed by atoms with van der Waals surface area (Å²) in [5.41, 5.74) is 4.33. The van der Waals surface area contributed by atoms with Gasteiger partial charge in [-0.2, -0.15) is 0 Å². The molecule has 1 aromatic heterocycles. The Balaban J connectivity index is 1.76. The third-order valence-electron chi connectivity index (χ3n) is 4.91. The summed E-state index contributed by atoms with van der Waals surface area (Å²) < 4.78 is 28.7. The molecule has 2 aromatic carbocycles. The molecule has 1 aliphatic heterocycles. The van der Waals surface area contributed by atoms with Crippen molar-refractivity contribution in [1.82, 2.24) is 0 Å². The van der Waals surface area contributed by atoms with E-state index in [1.54, 1.807) is 36.4 Å². The highest BCUT2D eigenvalue weighted by molar-refractivity contribution is 7.90. The quantitative estimate of drug-likeness (QED) is 0.596. The lowest BCUT2D eigenvalue weighted by atomic mass is 9.84. The van der Waals surface area contributed by atoms with Crippen LogP contribution in [-0.2, 0) is 9.84 Å². The molecule has 0 amide bonds. The number of Topliss-reactive ketones (excluding diaryl/α,β-unsaturated/α-hetero) is 1. The molecule has 1 atom stereocenters. The van der Waals surface area contributed by atoms with Crippen LogP contribution in [0.25, 0.3) is 11.1 Å². The largest absolute Gasteiger partial charge is 0.461 e. The van der Waals surface area contributed by atoms with Gasteiger partial charge in [0.25, 0.3) is 0 Å². The van der Waals surface area contributed by atoms with Gasteiger partial charge in [0.2, 0.25) is 5.78 Å². The van der Waals surface area contributed by atoms with Crippen molar-refractivity contribution in [1.29, 1.82) is 0 Å². The van der Waals surface area contributed by atoms with Crippen molar-refractivity contribution < 1.29 is 17.6 Å². The summed E-state index contributed by atoms with van der Waals surface area (Å²) >= 11 is 0. The topological polar surface area (TPSA) is 76.7 Å². The molecule has 6 heteroatoms. The Labute approximate surface area is 163 Å². The number of furan rings is 1. The zero-order valence-corrected chi connectivity index (χ0v) is 16.4. The number of nitrogens with zero attached hydrogens (tertiary/aromatic N) is 1. The van der Waals surface area contributed by atoms with Crippen LogP contribution in [0.1, 0.15) is 35.4 Å². The Morgan fingerprint density at radius 2 is 1.79 bits per heavy atom. The van der Waals surface area contributed by atoms with Crippen molar-refractivity contribution in [2.45, 2.75) is 24.2 Å². The van der Waals surface area contributed by atoms with Gasteiger partial charge in [-0.05, 0) is 66.4 Å². The maximum atomic E-state index is 13.0. The zero-order chi connectivity index (χ0) is 19.9. The van der Waals surface area contributed by atoms with E-state index >= 15 is 0 Å². The third-order valence-corrected chi connectivity index (χ3v) is 6.04. The summed E-state index contributed by atoms with van der Waals surface area (Å²) in [6.07, 6.45) is 3.23. The number of rotatable bonds is 4. The molecule has 142 valence electrons. The van der Waals surface area contributed by atoms with Crippen LogP contribution in [0.3, 0.4) is 0 Å². The number of carbonyl (C=O) groups excluding carboxylic acids is 1. The van der Waals surface area contributed by atoms with Gasteiger partial charge in [-0.3, -0.25) is 9.79 Å². The molecule has 0 unspecified atom stereocenters. The number of ketones is 1. The maximum Gasteiger partial charge on any atom is 0.205 e. The van der Waals surface area contributed by atoms with Crippen molar-refractivity contribution in [3.8, 4) is 11.1 Å². The molecule has 0 bridgehead atoms. The number of hydrogen-bond acceptors (Lipinski definition) is 5. The van der Waals surface area contributed by atoms with Crippen molar-refractivity contribution in [2.75, 3.05) is 6.26 Å². The number of carbonyl (C=O) groups is 1. The maximum absolute atomic E-state index is 13.0. The summed E-state index contributed by atoms with van der Waals surface area (Å²) in [7, 11) is -3.24. The Morgan fingerprint density at radius 1 is 1.07 bits per heavy atom. The van der Waals surface area contributed by atoms with E-state index in [0.717, 1.165) is 28.1 Å². The van der Waals surface area contributed by atoms with E-state index in [4.69, 9.17) is 4.42 Å². The summed E-state index contributed by atoms with van der Waals surface area (Å²) in [5.74, 6) is -0.0764. The van der Waals surface area contributed by atoms with E-state index in [0.29, 0.717) is 12.2 Å². The minimum atomic E-state index is -3.24. The van der Waals surface area contributed by atoms with Gasteiger partial charge >= 0.3 is 0 Å². The van der Waals surface area contributed by atoms with Crippen molar-refractivity contribution >= 4 is 27.0 Å². The SMILES string of the molecule is CC1=Nc2ccc(-c3ccc(S(C)(=O)=O)cc3)cc2[C@@H](C(=O)c2ccco2)C1. The van der Waals surface area contributed by atoms with Gasteiger partial charge in [-0.15, -0.1) is 0 Å². The molecular formula is C22H19NO4S. The van der Waals surface area contributed by atoms with Crippen LogP contribution in [0, 0.1) is 0 Å². The molecule has 0 saturated heterocycles. The van der Waals surface area contributed by atoms with Crippen LogP contribution in [0.2, 0.25) is 0 Å². The average Bonchev–Trinajstić information content (AvgIpc) is 3.20. The number of fused-ring (bicyclic) bond motifs is 1. The van der Waals surface area contributed by atoms with Crippen LogP contribution in [0.15, 0.2) is 75.2 Å². The predicted molar refractivity (Wildman–Crippen MR) is 108 cm³/mol. The smallest absolute Gasteiger partial charge is 0.205 e. The van der Waals surface area contributed by atoms with Crippen LogP contribution < -0.4 is 0 Å². The van der Waals surface area contributed by atoms with Gasteiger partial charge in [-0.25, -0.2) is 8.42 Å². The molecule has 1 aliphatic rings. The van der Waals surface area contributed by atoms with Crippen molar-refractivity contribution in [3.63, 3.8) is 0 Å². The Hall–Kier alpha value is -2.99. The second-order valence-electron chi connectivity index (χ2n) is 7.02. The first-order chi connectivity index (χ1) is 13.3. The summed E-state index contributed by atoms with van der Waals surface area (Å²) in [5, 5.41) is 0. The fourth-order valence-corrected chi connectivity index (χ4v) is 4.12. The molecule has 4 rings (SSSR count). The van der Waals surface area contributed by atoms with Crippen molar-refractivity contribution in [3.05, 3.63) is 72.2 Å². The fourth-order valence-electron chi connectivity index (χ4n) is 3.49. The first kappa shape index (κ1) is 18.4.